The van der Waals surface area contributed by atoms with Crippen LogP contribution in [0.2, 0.25) is 0 Å². The van der Waals surface area contributed by atoms with Crippen LogP contribution in [0, 0.1) is 6.92 Å². The lowest BCUT2D eigenvalue weighted by Gasteiger charge is -2.12. The Kier molecular flexibility index (Phi) is 5.29. The van der Waals surface area contributed by atoms with Gasteiger partial charge >= 0.3 is 5.97 Å². The average Bonchev–Trinajstić information content (AvgIpc) is 2.28. The molecule has 1 aromatic carbocycles. The fourth-order valence-electron chi connectivity index (χ4n) is 1.69. The quantitative estimate of drug-likeness (QED) is 0.600. The van der Waals surface area contributed by atoms with Crippen molar-refractivity contribution in [3.63, 3.8) is 0 Å². The molecule has 0 radical (unpaired) electrons. The summed E-state index contributed by atoms with van der Waals surface area (Å²) in [5.41, 5.74) is 2.87. The van der Waals surface area contributed by atoms with Gasteiger partial charge in [-0.25, -0.2) is 0 Å². The second kappa shape index (κ2) is 6.50. The van der Waals surface area contributed by atoms with Gasteiger partial charge in [0.1, 0.15) is 5.75 Å². The molecule has 17 heavy (non-hydrogen) atoms. The average molecular weight is 257 g/mol. The van der Waals surface area contributed by atoms with Crippen LogP contribution in [0.5, 0.6) is 5.75 Å². The number of alkyl halides is 1. The first-order valence-electron chi connectivity index (χ1n) is 5.50. The van der Waals surface area contributed by atoms with E-state index in [1.165, 1.54) is 0 Å². The highest BCUT2D eigenvalue weighted by Crippen LogP contribution is 2.24. The SMILES string of the molecule is CCOC(=O)Cc1cc(OC)cc(C)c1CCl. The maximum Gasteiger partial charge on any atom is 0.310 e. The normalized spacial score (nSPS) is 10.1. The van der Waals surface area contributed by atoms with E-state index in [1.54, 1.807) is 14.0 Å². The van der Waals surface area contributed by atoms with Gasteiger partial charge in [-0.3, -0.25) is 4.79 Å². The maximum atomic E-state index is 11.5. The van der Waals surface area contributed by atoms with Crippen LogP contribution in [0.1, 0.15) is 23.6 Å². The van der Waals surface area contributed by atoms with Gasteiger partial charge in [-0.1, -0.05) is 0 Å². The Morgan fingerprint density at radius 2 is 2.12 bits per heavy atom. The molecule has 3 nitrogen and oxygen atoms in total. The predicted octanol–water partition coefficient (Wildman–Crippen LogP) is 2.85. The summed E-state index contributed by atoms with van der Waals surface area (Å²) in [6.45, 7) is 4.13. The minimum atomic E-state index is -0.244. The van der Waals surface area contributed by atoms with Crippen molar-refractivity contribution in [3.05, 3.63) is 28.8 Å². The summed E-state index contributed by atoms with van der Waals surface area (Å²) in [5.74, 6) is 0.868. The zero-order valence-electron chi connectivity index (χ0n) is 10.4. The van der Waals surface area contributed by atoms with Crippen LogP contribution in [0.25, 0.3) is 0 Å². The van der Waals surface area contributed by atoms with Crippen molar-refractivity contribution < 1.29 is 14.3 Å². The topological polar surface area (TPSA) is 35.5 Å². The number of methoxy groups -OCH3 is 1. The summed E-state index contributed by atoms with van der Waals surface area (Å²) >= 11 is 5.90. The van der Waals surface area contributed by atoms with Gasteiger partial charge in [-0.2, -0.15) is 0 Å². The van der Waals surface area contributed by atoms with E-state index < -0.39 is 0 Å². The standard InChI is InChI=1S/C13H17ClO3/c1-4-17-13(15)7-10-6-11(16-3)5-9(2)12(10)8-14/h5-6H,4,7-8H2,1-3H3. The highest BCUT2D eigenvalue weighted by atomic mass is 35.5. The summed E-state index contributed by atoms with van der Waals surface area (Å²) in [6, 6.07) is 3.74. The number of hydrogen-bond donors (Lipinski definition) is 0. The van der Waals surface area contributed by atoms with Crippen molar-refractivity contribution >= 4 is 17.6 Å². The van der Waals surface area contributed by atoms with Gasteiger partial charge in [0, 0.05) is 5.88 Å². The third-order valence-corrected chi connectivity index (χ3v) is 2.82. The van der Waals surface area contributed by atoms with Crippen molar-refractivity contribution in [1.82, 2.24) is 0 Å². The Hall–Kier alpha value is -1.22. The molecule has 94 valence electrons. The molecule has 0 saturated carbocycles. The fraction of sp³-hybridized carbons (Fsp3) is 0.462. The second-order valence-electron chi connectivity index (χ2n) is 3.70. The summed E-state index contributed by atoms with van der Waals surface area (Å²) < 4.78 is 10.1. The second-order valence-corrected chi connectivity index (χ2v) is 3.96. The van der Waals surface area contributed by atoms with Crippen molar-refractivity contribution in [1.29, 1.82) is 0 Å². The van der Waals surface area contributed by atoms with Gasteiger partial charge < -0.3 is 9.47 Å². The Bertz CT molecular complexity index is 402. The van der Waals surface area contributed by atoms with Gasteiger partial charge in [-0.15, -0.1) is 11.6 Å². The van der Waals surface area contributed by atoms with Crippen LogP contribution >= 0.6 is 11.6 Å². The Balaban J connectivity index is 3.02. The van der Waals surface area contributed by atoms with E-state index in [1.807, 2.05) is 19.1 Å². The smallest absolute Gasteiger partial charge is 0.310 e. The number of aryl methyl sites for hydroxylation is 1. The minimum Gasteiger partial charge on any atom is -0.497 e. The molecule has 0 fully saturated rings. The number of esters is 1. The van der Waals surface area contributed by atoms with Gasteiger partial charge in [0.05, 0.1) is 20.1 Å². The number of carbonyl (C=O) groups is 1. The van der Waals surface area contributed by atoms with E-state index in [4.69, 9.17) is 21.1 Å². The number of rotatable bonds is 5. The molecule has 0 aliphatic heterocycles. The van der Waals surface area contributed by atoms with E-state index in [0.29, 0.717) is 12.5 Å². The molecule has 1 rings (SSSR count). The first-order valence-corrected chi connectivity index (χ1v) is 6.03. The molecule has 0 aliphatic rings. The van der Waals surface area contributed by atoms with Crippen LogP contribution < -0.4 is 4.74 Å². The summed E-state index contributed by atoms with van der Waals surface area (Å²) in [7, 11) is 1.60. The van der Waals surface area contributed by atoms with Gasteiger partial charge in [-0.05, 0) is 42.7 Å². The van der Waals surface area contributed by atoms with Crippen molar-refractivity contribution in [3.8, 4) is 5.75 Å². The van der Waals surface area contributed by atoms with Crippen molar-refractivity contribution in [2.45, 2.75) is 26.1 Å². The zero-order valence-corrected chi connectivity index (χ0v) is 11.1. The molecular weight excluding hydrogens is 240 g/mol. The number of hydrogen-bond acceptors (Lipinski definition) is 3. The summed E-state index contributed by atoms with van der Waals surface area (Å²) in [5, 5.41) is 0. The first kappa shape index (κ1) is 13.8. The lowest BCUT2D eigenvalue weighted by atomic mass is 10.0. The van der Waals surface area contributed by atoms with E-state index >= 15 is 0 Å². The van der Waals surface area contributed by atoms with E-state index in [2.05, 4.69) is 0 Å². The molecule has 0 aromatic heterocycles. The van der Waals surface area contributed by atoms with Crippen molar-refractivity contribution in [2.75, 3.05) is 13.7 Å². The first-order chi connectivity index (χ1) is 8.12. The molecule has 0 spiro atoms. The maximum absolute atomic E-state index is 11.5. The lowest BCUT2D eigenvalue weighted by Crippen LogP contribution is -2.10. The van der Waals surface area contributed by atoms with Gasteiger partial charge in [0.2, 0.25) is 0 Å². The lowest BCUT2D eigenvalue weighted by molar-refractivity contribution is -0.142. The van der Waals surface area contributed by atoms with Crippen LogP contribution in [0.15, 0.2) is 12.1 Å². The van der Waals surface area contributed by atoms with E-state index in [9.17, 15) is 4.79 Å². The Labute approximate surface area is 107 Å². The van der Waals surface area contributed by atoms with E-state index in [0.717, 1.165) is 22.4 Å². The predicted molar refractivity (Wildman–Crippen MR) is 67.6 cm³/mol. The molecule has 0 bridgehead atoms. The summed E-state index contributed by atoms with van der Waals surface area (Å²) in [6.07, 6.45) is 0.230. The van der Waals surface area contributed by atoms with Crippen LogP contribution in [-0.4, -0.2) is 19.7 Å². The summed E-state index contributed by atoms with van der Waals surface area (Å²) in [4.78, 5) is 11.5. The molecule has 0 atom stereocenters. The number of carbonyl (C=O) groups excluding carboxylic acids is 1. The zero-order chi connectivity index (χ0) is 12.8. The van der Waals surface area contributed by atoms with Crippen LogP contribution in [-0.2, 0) is 21.8 Å². The molecule has 0 saturated heterocycles. The van der Waals surface area contributed by atoms with Gasteiger partial charge in [0.15, 0.2) is 0 Å². The third kappa shape index (κ3) is 3.63. The number of ether oxygens (including phenoxy) is 2. The third-order valence-electron chi connectivity index (χ3n) is 2.55. The van der Waals surface area contributed by atoms with Crippen LogP contribution in [0.3, 0.4) is 0 Å². The molecule has 0 aliphatic carbocycles. The largest absolute Gasteiger partial charge is 0.497 e. The Morgan fingerprint density at radius 1 is 1.41 bits per heavy atom. The molecule has 0 heterocycles. The monoisotopic (exact) mass is 256 g/mol. The number of halogens is 1. The van der Waals surface area contributed by atoms with Crippen molar-refractivity contribution in [2.24, 2.45) is 0 Å². The molecule has 0 amide bonds. The number of benzene rings is 1. The molecule has 0 unspecified atom stereocenters. The molecular formula is C13H17ClO3. The van der Waals surface area contributed by atoms with Crippen LogP contribution in [0.4, 0.5) is 0 Å². The molecule has 0 N–H and O–H groups in total. The molecule has 4 heteroatoms. The highest BCUT2D eigenvalue weighted by Gasteiger charge is 2.12. The molecule has 1 aromatic rings. The fourth-order valence-corrected chi connectivity index (χ4v) is 2.07. The minimum absolute atomic E-state index is 0.230. The van der Waals surface area contributed by atoms with E-state index in [-0.39, 0.29) is 12.4 Å². The Morgan fingerprint density at radius 3 is 2.65 bits per heavy atom. The van der Waals surface area contributed by atoms with Gasteiger partial charge in [0.25, 0.3) is 0 Å². The highest BCUT2D eigenvalue weighted by molar-refractivity contribution is 6.17.